The van der Waals surface area contributed by atoms with Crippen LogP contribution in [0.5, 0.6) is 0 Å². The number of rotatable bonds is 6. The lowest BCUT2D eigenvalue weighted by molar-refractivity contribution is 0.0174. The van der Waals surface area contributed by atoms with E-state index in [0.29, 0.717) is 6.54 Å². The van der Waals surface area contributed by atoms with E-state index in [2.05, 4.69) is 10.6 Å². The predicted octanol–water partition coefficient (Wildman–Crippen LogP) is 2.45. The summed E-state index contributed by atoms with van der Waals surface area (Å²) in [5, 5.41) is 6.29. The number of halogens is 2. The van der Waals surface area contributed by atoms with Gasteiger partial charge in [0.2, 0.25) is 0 Å². The van der Waals surface area contributed by atoms with Gasteiger partial charge in [0.1, 0.15) is 0 Å². The molecular formula is C12H18F2N2. The highest BCUT2D eigenvalue weighted by Crippen LogP contribution is 2.26. The standard InChI is InChI=1S/C12H18F2N2/c1-3-15-9-16-8-10-4-6-11(7-5-10)12(2,13)14/h4-7,15-16H,3,8-9H2,1-2H3. The van der Waals surface area contributed by atoms with Crippen LogP contribution in [0, 0.1) is 0 Å². The van der Waals surface area contributed by atoms with E-state index >= 15 is 0 Å². The number of hydrogen-bond donors (Lipinski definition) is 2. The molecule has 0 atom stereocenters. The first-order chi connectivity index (χ1) is 7.54. The van der Waals surface area contributed by atoms with Crippen LogP contribution in [0.1, 0.15) is 25.0 Å². The molecule has 0 fully saturated rings. The molecule has 0 heterocycles. The van der Waals surface area contributed by atoms with Crippen molar-refractivity contribution in [3.63, 3.8) is 0 Å². The maximum Gasteiger partial charge on any atom is 0.270 e. The summed E-state index contributed by atoms with van der Waals surface area (Å²) in [6.45, 7) is 5.25. The molecule has 1 aromatic rings. The average molecular weight is 228 g/mol. The van der Waals surface area contributed by atoms with E-state index in [9.17, 15) is 8.78 Å². The third-order valence-electron chi connectivity index (χ3n) is 2.29. The molecule has 0 saturated carbocycles. The molecule has 0 aliphatic heterocycles. The van der Waals surface area contributed by atoms with E-state index in [4.69, 9.17) is 0 Å². The van der Waals surface area contributed by atoms with E-state index < -0.39 is 5.92 Å². The first-order valence-electron chi connectivity index (χ1n) is 5.42. The van der Waals surface area contributed by atoms with Gasteiger partial charge in [-0.2, -0.15) is 0 Å². The molecule has 16 heavy (non-hydrogen) atoms. The molecule has 4 heteroatoms. The highest BCUT2D eigenvalue weighted by Gasteiger charge is 2.23. The normalized spacial score (nSPS) is 11.8. The quantitative estimate of drug-likeness (QED) is 0.577. The van der Waals surface area contributed by atoms with Gasteiger partial charge in [-0.3, -0.25) is 0 Å². The molecule has 1 aromatic carbocycles. The zero-order chi connectivity index (χ0) is 12.0. The fourth-order valence-electron chi connectivity index (χ4n) is 1.34. The molecule has 0 unspecified atom stereocenters. The topological polar surface area (TPSA) is 24.1 Å². The molecule has 2 nitrogen and oxygen atoms in total. The summed E-state index contributed by atoms with van der Waals surface area (Å²) in [7, 11) is 0. The summed E-state index contributed by atoms with van der Waals surface area (Å²) in [6.07, 6.45) is 0. The molecule has 0 aliphatic carbocycles. The molecule has 0 amide bonds. The van der Waals surface area contributed by atoms with Crippen LogP contribution in [-0.2, 0) is 12.5 Å². The number of benzene rings is 1. The lowest BCUT2D eigenvalue weighted by atomic mass is 10.1. The van der Waals surface area contributed by atoms with Gasteiger partial charge in [-0.25, -0.2) is 8.78 Å². The van der Waals surface area contributed by atoms with Gasteiger partial charge in [0, 0.05) is 25.7 Å². The minimum Gasteiger partial charge on any atom is -0.305 e. The monoisotopic (exact) mass is 228 g/mol. The van der Waals surface area contributed by atoms with Crippen LogP contribution in [0.4, 0.5) is 8.78 Å². The molecule has 0 spiro atoms. The van der Waals surface area contributed by atoms with Crippen molar-refractivity contribution in [2.45, 2.75) is 26.3 Å². The Kier molecular flexibility index (Phi) is 4.83. The van der Waals surface area contributed by atoms with E-state index in [-0.39, 0.29) is 5.56 Å². The number of alkyl halides is 2. The molecule has 90 valence electrons. The zero-order valence-electron chi connectivity index (χ0n) is 9.69. The summed E-state index contributed by atoms with van der Waals surface area (Å²) in [5.74, 6) is -2.75. The largest absolute Gasteiger partial charge is 0.305 e. The van der Waals surface area contributed by atoms with E-state index in [1.807, 2.05) is 6.92 Å². The third kappa shape index (κ3) is 4.24. The minimum atomic E-state index is -2.75. The van der Waals surface area contributed by atoms with Gasteiger partial charge in [-0.1, -0.05) is 31.2 Å². The van der Waals surface area contributed by atoms with Gasteiger partial charge >= 0.3 is 0 Å². The van der Waals surface area contributed by atoms with Crippen molar-refractivity contribution in [3.8, 4) is 0 Å². The van der Waals surface area contributed by atoms with E-state index in [1.165, 1.54) is 12.1 Å². The Hall–Kier alpha value is -1.00. The van der Waals surface area contributed by atoms with Crippen LogP contribution >= 0.6 is 0 Å². The SMILES string of the molecule is CCNCNCc1ccc(C(C)(F)F)cc1. The fourth-order valence-corrected chi connectivity index (χ4v) is 1.34. The smallest absolute Gasteiger partial charge is 0.270 e. The molecule has 0 bridgehead atoms. The Morgan fingerprint density at radius 3 is 2.25 bits per heavy atom. The van der Waals surface area contributed by atoms with Crippen molar-refractivity contribution >= 4 is 0 Å². The zero-order valence-corrected chi connectivity index (χ0v) is 9.69. The van der Waals surface area contributed by atoms with Crippen molar-refractivity contribution in [2.75, 3.05) is 13.2 Å². The molecule has 0 saturated heterocycles. The summed E-state index contributed by atoms with van der Waals surface area (Å²) >= 11 is 0. The molecule has 1 rings (SSSR count). The van der Waals surface area contributed by atoms with Crippen molar-refractivity contribution in [2.24, 2.45) is 0 Å². The van der Waals surface area contributed by atoms with Crippen molar-refractivity contribution in [3.05, 3.63) is 35.4 Å². The predicted molar refractivity (Wildman–Crippen MR) is 61.4 cm³/mol. The van der Waals surface area contributed by atoms with Crippen LogP contribution in [0.2, 0.25) is 0 Å². The Labute approximate surface area is 95.1 Å². The second-order valence-electron chi connectivity index (χ2n) is 3.79. The first-order valence-corrected chi connectivity index (χ1v) is 5.42. The second-order valence-corrected chi connectivity index (χ2v) is 3.79. The van der Waals surface area contributed by atoms with Crippen LogP contribution in [0.3, 0.4) is 0 Å². The van der Waals surface area contributed by atoms with Crippen LogP contribution in [-0.4, -0.2) is 13.2 Å². The first kappa shape index (κ1) is 13.1. The highest BCUT2D eigenvalue weighted by molar-refractivity contribution is 5.25. The summed E-state index contributed by atoms with van der Waals surface area (Å²) in [6, 6.07) is 6.41. The minimum absolute atomic E-state index is 0.0583. The maximum absolute atomic E-state index is 12.9. The van der Waals surface area contributed by atoms with Crippen molar-refractivity contribution in [1.82, 2.24) is 10.6 Å². The van der Waals surface area contributed by atoms with Crippen LogP contribution in [0.15, 0.2) is 24.3 Å². The van der Waals surface area contributed by atoms with Crippen molar-refractivity contribution in [1.29, 1.82) is 0 Å². The number of hydrogen-bond acceptors (Lipinski definition) is 2. The van der Waals surface area contributed by atoms with Crippen LogP contribution < -0.4 is 10.6 Å². The highest BCUT2D eigenvalue weighted by atomic mass is 19.3. The Morgan fingerprint density at radius 2 is 1.75 bits per heavy atom. The number of nitrogens with one attached hydrogen (secondary N) is 2. The lowest BCUT2D eigenvalue weighted by Gasteiger charge is -2.11. The van der Waals surface area contributed by atoms with E-state index in [0.717, 1.165) is 25.7 Å². The Morgan fingerprint density at radius 1 is 1.12 bits per heavy atom. The Balaban J connectivity index is 2.46. The summed E-state index contributed by atoms with van der Waals surface area (Å²) < 4.78 is 25.8. The summed E-state index contributed by atoms with van der Waals surface area (Å²) in [5.41, 5.74) is 1.06. The molecule has 0 aromatic heterocycles. The lowest BCUT2D eigenvalue weighted by Crippen LogP contribution is -2.28. The van der Waals surface area contributed by atoms with E-state index in [1.54, 1.807) is 12.1 Å². The van der Waals surface area contributed by atoms with Gasteiger partial charge in [0.05, 0.1) is 0 Å². The molecule has 0 radical (unpaired) electrons. The third-order valence-corrected chi connectivity index (χ3v) is 2.29. The maximum atomic E-state index is 12.9. The second kappa shape index (κ2) is 5.92. The molecule has 0 aliphatic rings. The molecule has 2 N–H and O–H groups in total. The van der Waals surface area contributed by atoms with Gasteiger partial charge < -0.3 is 10.6 Å². The van der Waals surface area contributed by atoms with Crippen molar-refractivity contribution < 1.29 is 8.78 Å². The van der Waals surface area contributed by atoms with Gasteiger partial charge in [-0.15, -0.1) is 0 Å². The van der Waals surface area contributed by atoms with Gasteiger partial charge in [0.25, 0.3) is 5.92 Å². The van der Waals surface area contributed by atoms with Gasteiger partial charge in [-0.05, 0) is 12.1 Å². The Bertz CT molecular complexity index is 304. The van der Waals surface area contributed by atoms with Gasteiger partial charge in [0.15, 0.2) is 0 Å². The molecular weight excluding hydrogens is 210 g/mol. The van der Waals surface area contributed by atoms with Crippen LogP contribution in [0.25, 0.3) is 0 Å². The average Bonchev–Trinajstić information content (AvgIpc) is 2.24. The summed E-state index contributed by atoms with van der Waals surface area (Å²) in [4.78, 5) is 0. The fraction of sp³-hybridized carbons (Fsp3) is 0.500.